The average Bonchev–Trinajstić information content (AvgIpc) is 2.34. The van der Waals surface area contributed by atoms with Crippen LogP contribution in [0.2, 0.25) is 0 Å². The molecule has 0 atom stereocenters. The molecule has 0 radical (unpaired) electrons. The molecule has 1 rings (SSSR count). The molecule has 6 heteroatoms. The van der Waals surface area contributed by atoms with E-state index < -0.39 is 9.05 Å². The molecule has 1 aromatic carbocycles. The summed E-state index contributed by atoms with van der Waals surface area (Å²) in [5.41, 5.74) is 0.292. The first-order chi connectivity index (χ1) is 8.40. The standard InChI is InChI=1S/C12H14ClNO3S/c1-3-8-14(4-2)12(15)10-6-5-7-11(9-10)18(13,16)17/h3,5-7,9H,1,4,8H2,2H3. The van der Waals surface area contributed by atoms with Crippen molar-refractivity contribution >= 4 is 25.6 Å². The second-order valence-corrected chi connectivity index (χ2v) is 6.16. The number of hydrogen-bond donors (Lipinski definition) is 0. The number of hydrogen-bond acceptors (Lipinski definition) is 3. The Morgan fingerprint density at radius 1 is 1.50 bits per heavy atom. The molecule has 0 saturated heterocycles. The van der Waals surface area contributed by atoms with Crippen LogP contribution in [-0.2, 0) is 9.05 Å². The molecule has 0 aromatic heterocycles. The number of rotatable bonds is 5. The summed E-state index contributed by atoms with van der Waals surface area (Å²) < 4.78 is 22.4. The van der Waals surface area contributed by atoms with Crippen LogP contribution in [0.3, 0.4) is 0 Å². The van der Waals surface area contributed by atoms with E-state index in [0.717, 1.165) is 0 Å². The van der Waals surface area contributed by atoms with E-state index in [1.807, 2.05) is 6.92 Å². The van der Waals surface area contributed by atoms with Gasteiger partial charge in [-0.3, -0.25) is 4.79 Å². The van der Waals surface area contributed by atoms with E-state index in [9.17, 15) is 13.2 Å². The number of benzene rings is 1. The van der Waals surface area contributed by atoms with Gasteiger partial charge in [-0.05, 0) is 25.1 Å². The van der Waals surface area contributed by atoms with E-state index in [0.29, 0.717) is 18.7 Å². The zero-order chi connectivity index (χ0) is 13.8. The maximum atomic E-state index is 12.1. The Morgan fingerprint density at radius 2 is 2.17 bits per heavy atom. The first-order valence-corrected chi connectivity index (χ1v) is 7.66. The Labute approximate surface area is 111 Å². The van der Waals surface area contributed by atoms with Gasteiger partial charge in [0.15, 0.2) is 0 Å². The molecule has 18 heavy (non-hydrogen) atoms. The molecule has 98 valence electrons. The molecule has 1 aromatic rings. The monoisotopic (exact) mass is 287 g/mol. The number of halogens is 1. The molecular weight excluding hydrogens is 274 g/mol. The SMILES string of the molecule is C=CCN(CC)C(=O)c1cccc(S(=O)(=O)Cl)c1. The second kappa shape index (κ2) is 6.02. The van der Waals surface area contributed by atoms with Crippen LogP contribution in [0, 0.1) is 0 Å². The fourth-order valence-electron chi connectivity index (χ4n) is 1.47. The van der Waals surface area contributed by atoms with E-state index in [4.69, 9.17) is 10.7 Å². The summed E-state index contributed by atoms with van der Waals surface area (Å²) in [6, 6.07) is 5.67. The molecule has 0 aliphatic carbocycles. The molecule has 0 aliphatic rings. The molecule has 0 aliphatic heterocycles. The van der Waals surface area contributed by atoms with Crippen LogP contribution < -0.4 is 0 Å². The zero-order valence-electron chi connectivity index (χ0n) is 9.97. The molecular formula is C12H14ClNO3S. The third-order valence-electron chi connectivity index (χ3n) is 2.38. The summed E-state index contributed by atoms with van der Waals surface area (Å²) in [4.78, 5) is 13.6. The summed E-state index contributed by atoms with van der Waals surface area (Å²) in [5.74, 6) is -0.250. The molecule has 0 N–H and O–H groups in total. The fourth-order valence-corrected chi connectivity index (χ4v) is 2.27. The van der Waals surface area contributed by atoms with Gasteiger partial charge in [-0.15, -0.1) is 6.58 Å². The van der Waals surface area contributed by atoms with Gasteiger partial charge in [0.1, 0.15) is 0 Å². The van der Waals surface area contributed by atoms with Crippen molar-refractivity contribution < 1.29 is 13.2 Å². The van der Waals surface area contributed by atoms with E-state index >= 15 is 0 Å². The highest BCUT2D eigenvalue weighted by atomic mass is 35.7. The third-order valence-corrected chi connectivity index (χ3v) is 3.73. The average molecular weight is 288 g/mol. The minimum atomic E-state index is -3.82. The Kier molecular flexibility index (Phi) is 4.93. The summed E-state index contributed by atoms with van der Waals surface area (Å²) in [6.07, 6.45) is 1.61. The lowest BCUT2D eigenvalue weighted by molar-refractivity contribution is 0.0782. The normalized spacial score (nSPS) is 11.0. The van der Waals surface area contributed by atoms with Crippen molar-refractivity contribution in [3.63, 3.8) is 0 Å². The van der Waals surface area contributed by atoms with Crippen molar-refractivity contribution in [2.75, 3.05) is 13.1 Å². The summed E-state index contributed by atoms with van der Waals surface area (Å²) in [6.45, 7) is 6.33. The van der Waals surface area contributed by atoms with Crippen molar-refractivity contribution in [2.45, 2.75) is 11.8 Å². The second-order valence-electron chi connectivity index (χ2n) is 3.60. The van der Waals surface area contributed by atoms with Gasteiger partial charge in [0, 0.05) is 29.3 Å². The fraction of sp³-hybridized carbons (Fsp3) is 0.250. The van der Waals surface area contributed by atoms with Crippen LogP contribution in [0.1, 0.15) is 17.3 Å². The minimum Gasteiger partial charge on any atom is -0.335 e. The molecule has 0 unspecified atom stereocenters. The predicted molar refractivity (Wildman–Crippen MR) is 71.3 cm³/mol. The zero-order valence-corrected chi connectivity index (χ0v) is 11.5. The largest absolute Gasteiger partial charge is 0.335 e. The van der Waals surface area contributed by atoms with E-state index in [-0.39, 0.29) is 10.8 Å². The maximum Gasteiger partial charge on any atom is 0.261 e. The Balaban J connectivity index is 3.10. The number of nitrogens with zero attached hydrogens (tertiary/aromatic N) is 1. The predicted octanol–water partition coefficient (Wildman–Crippen LogP) is 2.26. The lowest BCUT2D eigenvalue weighted by Crippen LogP contribution is -2.30. The molecule has 0 spiro atoms. The van der Waals surface area contributed by atoms with Gasteiger partial charge in [-0.2, -0.15) is 0 Å². The first kappa shape index (κ1) is 14.7. The van der Waals surface area contributed by atoms with E-state index in [2.05, 4.69) is 6.58 Å². The molecule has 0 heterocycles. The van der Waals surface area contributed by atoms with Gasteiger partial charge < -0.3 is 4.90 Å². The van der Waals surface area contributed by atoms with Crippen LogP contribution >= 0.6 is 10.7 Å². The van der Waals surface area contributed by atoms with Gasteiger partial charge in [-0.1, -0.05) is 12.1 Å². The van der Waals surface area contributed by atoms with Gasteiger partial charge in [0.2, 0.25) is 0 Å². The van der Waals surface area contributed by atoms with Crippen LogP contribution in [0.4, 0.5) is 0 Å². The van der Waals surface area contributed by atoms with Gasteiger partial charge in [-0.25, -0.2) is 8.42 Å². The summed E-state index contributed by atoms with van der Waals surface area (Å²) >= 11 is 0. The smallest absolute Gasteiger partial charge is 0.261 e. The molecule has 0 fully saturated rings. The highest BCUT2D eigenvalue weighted by molar-refractivity contribution is 8.13. The Hall–Kier alpha value is -1.33. The lowest BCUT2D eigenvalue weighted by Gasteiger charge is -2.19. The number of amides is 1. The molecule has 4 nitrogen and oxygen atoms in total. The number of likely N-dealkylation sites (N-methyl/N-ethyl adjacent to an activating group) is 1. The van der Waals surface area contributed by atoms with Crippen LogP contribution in [0.15, 0.2) is 41.8 Å². The summed E-state index contributed by atoms with van der Waals surface area (Å²) in [5, 5.41) is 0. The van der Waals surface area contributed by atoms with Crippen molar-refractivity contribution in [2.24, 2.45) is 0 Å². The quantitative estimate of drug-likeness (QED) is 0.616. The van der Waals surface area contributed by atoms with Crippen LogP contribution in [0.5, 0.6) is 0 Å². The molecule has 0 saturated carbocycles. The van der Waals surface area contributed by atoms with Crippen molar-refractivity contribution in [1.82, 2.24) is 4.90 Å². The van der Waals surface area contributed by atoms with E-state index in [1.165, 1.54) is 18.2 Å². The topological polar surface area (TPSA) is 54.5 Å². The van der Waals surface area contributed by atoms with Crippen molar-refractivity contribution in [3.05, 3.63) is 42.5 Å². The molecule has 1 amide bonds. The molecule has 0 bridgehead atoms. The summed E-state index contributed by atoms with van der Waals surface area (Å²) in [7, 11) is 1.42. The van der Waals surface area contributed by atoms with E-state index in [1.54, 1.807) is 17.0 Å². The van der Waals surface area contributed by atoms with Gasteiger partial charge in [0.25, 0.3) is 15.0 Å². The number of carbonyl (C=O) groups is 1. The van der Waals surface area contributed by atoms with Gasteiger partial charge >= 0.3 is 0 Å². The number of carbonyl (C=O) groups excluding carboxylic acids is 1. The first-order valence-electron chi connectivity index (χ1n) is 5.35. The Bertz CT molecular complexity index is 554. The minimum absolute atomic E-state index is 0.0790. The lowest BCUT2D eigenvalue weighted by atomic mass is 10.2. The van der Waals surface area contributed by atoms with Crippen LogP contribution in [-0.4, -0.2) is 32.3 Å². The Morgan fingerprint density at radius 3 is 2.67 bits per heavy atom. The third kappa shape index (κ3) is 3.58. The highest BCUT2D eigenvalue weighted by Crippen LogP contribution is 2.17. The van der Waals surface area contributed by atoms with Crippen molar-refractivity contribution in [3.8, 4) is 0 Å². The highest BCUT2D eigenvalue weighted by Gasteiger charge is 2.16. The van der Waals surface area contributed by atoms with Crippen LogP contribution in [0.25, 0.3) is 0 Å². The maximum absolute atomic E-state index is 12.1. The van der Waals surface area contributed by atoms with Gasteiger partial charge in [0.05, 0.1) is 4.90 Å². The van der Waals surface area contributed by atoms with Crippen molar-refractivity contribution in [1.29, 1.82) is 0 Å².